The SMILES string of the molecule is Cc1ncoc1C(O)C(O)c1ocnc1C. The van der Waals surface area contributed by atoms with Crippen LogP contribution in [0.25, 0.3) is 0 Å². The van der Waals surface area contributed by atoms with Crippen molar-refractivity contribution in [3.8, 4) is 0 Å². The molecule has 0 aromatic carbocycles. The van der Waals surface area contributed by atoms with Gasteiger partial charge in [0.2, 0.25) is 0 Å². The van der Waals surface area contributed by atoms with Crippen LogP contribution in [0.4, 0.5) is 0 Å². The van der Waals surface area contributed by atoms with Crippen molar-refractivity contribution in [2.45, 2.75) is 26.1 Å². The zero-order chi connectivity index (χ0) is 11.7. The van der Waals surface area contributed by atoms with Crippen LogP contribution in [0.3, 0.4) is 0 Å². The van der Waals surface area contributed by atoms with E-state index in [9.17, 15) is 10.2 Å². The summed E-state index contributed by atoms with van der Waals surface area (Å²) in [5.74, 6) is 0.451. The van der Waals surface area contributed by atoms with Crippen LogP contribution in [0.5, 0.6) is 0 Å². The van der Waals surface area contributed by atoms with Crippen LogP contribution < -0.4 is 0 Å². The molecule has 0 aliphatic heterocycles. The first-order valence-electron chi connectivity index (χ1n) is 4.77. The summed E-state index contributed by atoms with van der Waals surface area (Å²) in [6.45, 7) is 3.37. The fraction of sp³-hybridized carbons (Fsp3) is 0.400. The number of aliphatic hydroxyl groups excluding tert-OH is 2. The standard InChI is InChI=1S/C10H12N2O4/c1-5-9(15-3-11-5)7(13)8(14)10-6(2)12-4-16-10/h3-4,7-8,13-14H,1-2H3. The molecule has 0 aliphatic rings. The summed E-state index contributed by atoms with van der Waals surface area (Å²) in [6, 6.07) is 0. The molecule has 2 unspecified atom stereocenters. The highest BCUT2D eigenvalue weighted by atomic mass is 16.4. The van der Waals surface area contributed by atoms with Gasteiger partial charge in [0, 0.05) is 0 Å². The van der Waals surface area contributed by atoms with Gasteiger partial charge in [-0.1, -0.05) is 0 Å². The molecule has 0 aliphatic carbocycles. The largest absolute Gasteiger partial charge is 0.445 e. The average molecular weight is 224 g/mol. The molecule has 6 nitrogen and oxygen atoms in total. The van der Waals surface area contributed by atoms with Gasteiger partial charge in [-0.05, 0) is 13.8 Å². The van der Waals surface area contributed by atoms with Crippen molar-refractivity contribution in [2.75, 3.05) is 0 Å². The molecule has 86 valence electrons. The summed E-state index contributed by atoms with van der Waals surface area (Å²) < 4.78 is 10.0. The Kier molecular flexibility index (Phi) is 2.76. The Morgan fingerprint density at radius 2 is 1.31 bits per heavy atom. The van der Waals surface area contributed by atoms with E-state index in [0.29, 0.717) is 11.4 Å². The lowest BCUT2D eigenvalue weighted by Gasteiger charge is -2.14. The van der Waals surface area contributed by atoms with E-state index in [0.717, 1.165) is 0 Å². The minimum absolute atomic E-state index is 0.225. The average Bonchev–Trinajstić information content (AvgIpc) is 2.85. The Morgan fingerprint density at radius 1 is 0.938 bits per heavy atom. The van der Waals surface area contributed by atoms with E-state index in [2.05, 4.69) is 9.97 Å². The van der Waals surface area contributed by atoms with Crippen LogP contribution >= 0.6 is 0 Å². The van der Waals surface area contributed by atoms with Gasteiger partial charge in [0.15, 0.2) is 24.3 Å². The highest BCUT2D eigenvalue weighted by Gasteiger charge is 2.28. The molecule has 16 heavy (non-hydrogen) atoms. The fourth-order valence-electron chi connectivity index (χ4n) is 1.48. The summed E-state index contributed by atoms with van der Waals surface area (Å²) >= 11 is 0. The highest BCUT2D eigenvalue weighted by Crippen LogP contribution is 2.31. The van der Waals surface area contributed by atoms with E-state index >= 15 is 0 Å². The maximum atomic E-state index is 9.88. The van der Waals surface area contributed by atoms with Crippen molar-refractivity contribution >= 4 is 0 Å². The molecule has 0 radical (unpaired) electrons. The molecule has 2 N–H and O–H groups in total. The number of hydrogen-bond donors (Lipinski definition) is 2. The van der Waals surface area contributed by atoms with E-state index in [1.165, 1.54) is 12.8 Å². The quantitative estimate of drug-likeness (QED) is 0.809. The van der Waals surface area contributed by atoms with Gasteiger partial charge in [0.05, 0.1) is 11.4 Å². The lowest BCUT2D eigenvalue weighted by atomic mass is 10.1. The van der Waals surface area contributed by atoms with Gasteiger partial charge in [-0.3, -0.25) is 0 Å². The monoisotopic (exact) mass is 224 g/mol. The van der Waals surface area contributed by atoms with E-state index < -0.39 is 12.2 Å². The molecule has 0 fully saturated rings. The number of rotatable bonds is 3. The van der Waals surface area contributed by atoms with Gasteiger partial charge in [-0.15, -0.1) is 0 Å². The lowest BCUT2D eigenvalue weighted by molar-refractivity contribution is -0.00876. The minimum atomic E-state index is -1.21. The number of aromatic nitrogens is 2. The van der Waals surface area contributed by atoms with Crippen LogP contribution in [0.15, 0.2) is 21.6 Å². The molecule has 2 aromatic rings. The Hall–Kier alpha value is -1.66. The van der Waals surface area contributed by atoms with Gasteiger partial charge >= 0.3 is 0 Å². The zero-order valence-electron chi connectivity index (χ0n) is 8.91. The lowest BCUT2D eigenvalue weighted by Crippen LogP contribution is -2.11. The van der Waals surface area contributed by atoms with Crippen molar-refractivity contribution in [3.63, 3.8) is 0 Å². The van der Waals surface area contributed by atoms with Crippen molar-refractivity contribution in [1.29, 1.82) is 0 Å². The number of hydrogen-bond acceptors (Lipinski definition) is 6. The van der Waals surface area contributed by atoms with Crippen molar-refractivity contribution in [3.05, 3.63) is 35.7 Å². The molecule has 0 bridgehead atoms. The predicted octanol–water partition coefficient (Wildman–Crippen LogP) is 1.05. The van der Waals surface area contributed by atoms with Gasteiger partial charge in [0.25, 0.3) is 0 Å². The first kappa shape index (κ1) is 10.8. The molecule has 0 saturated heterocycles. The summed E-state index contributed by atoms with van der Waals surface area (Å²) in [7, 11) is 0. The maximum absolute atomic E-state index is 9.88. The summed E-state index contributed by atoms with van der Waals surface area (Å²) in [6.07, 6.45) is 0.00474. The summed E-state index contributed by atoms with van der Waals surface area (Å²) in [5.41, 5.74) is 1.06. The Labute approximate surface area is 91.6 Å². The number of aryl methyl sites for hydroxylation is 2. The van der Waals surface area contributed by atoms with Crippen molar-refractivity contribution in [1.82, 2.24) is 9.97 Å². The molecule has 2 rings (SSSR count). The molecule has 2 aromatic heterocycles. The Morgan fingerprint density at radius 3 is 1.56 bits per heavy atom. The summed E-state index contributed by atoms with van der Waals surface area (Å²) in [4.78, 5) is 7.68. The summed E-state index contributed by atoms with van der Waals surface area (Å²) in [5, 5.41) is 19.8. The Balaban J connectivity index is 2.26. The normalized spacial score (nSPS) is 15.0. The molecule has 2 heterocycles. The van der Waals surface area contributed by atoms with Crippen LogP contribution in [-0.2, 0) is 0 Å². The second-order valence-electron chi connectivity index (χ2n) is 3.49. The van der Waals surface area contributed by atoms with Gasteiger partial charge < -0.3 is 19.0 Å². The second-order valence-corrected chi connectivity index (χ2v) is 3.49. The van der Waals surface area contributed by atoms with E-state index in [1.807, 2.05) is 0 Å². The fourth-order valence-corrected chi connectivity index (χ4v) is 1.48. The molecule has 0 spiro atoms. The van der Waals surface area contributed by atoms with Gasteiger partial charge in [-0.25, -0.2) is 9.97 Å². The van der Waals surface area contributed by atoms with Crippen LogP contribution in [0, 0.1) is 13.8 Å². The molecule has 0 amide bonds. The van der Waals surface area contributed by atoms with Crippen LogP contribution in [0.2, 0.25) is 0 Å². The topological polar surface area (TPSA) is 92.5 Å². The predicted molar refractivity (Wildman–Crippen MR) is 52.4 cm³/mol. The third kappa shape index (κ3) is 1.72. The van der Waals surface area contributed by atoms with Gasteiger partial charge in [-0.2, -0.15) is 0 Å². The van der Waals surface area contributed by atoms with E-state index in [4.69, 9.17) is 8.83 Å². The number of nitrogens with zero attached hydrogens (tertiary/aromatic N) is 2. The van der Waals surface area contributed by atoms with E-state index in [-0.39, 0.29) is 11.5 Å². The van der Waals surface area contributed by atoms with Crippen LogP contribution in [0.1, 0.15) is 35.1 Å². The first-order chi connectivity index (χ1) is 7.61. The Bertz CT molecular complexity index is 432. The molecule has 2 atom stereocenters. The third-order valence-corrected chi connectivity index (χ3v) is 2.40. The highest BCUT2D eigenvalue weighted by molar-refractivity contribution is 5.16. The van der Waals surface area contributed by atoms with E-state index in [1.54, 1.807) is 13.8 Å². The molecular formula is C10H12N2O4. The minimum Gasteiger partial charge on any atom is -0.445 e. The molecule has 0 saturated carbocycles. The maximum Gasteiger partial charge on any atom is 0.181 e. The van der Waals surface area contributed by atoms with Crippen molar-refractivity contribution < 1.29 is 19.0 Å². The molecular weight excluding hydrogens is 212 g/mol. The zero-order valence-corrected chi connectivity index (χ0v) is 8.91. The second kappa shape index (κ2) is 4.07. The van der Waals surface area contributed by atoms with Crippen LogP contribution in [-0.4, -0.2) is 20.2 Å². The van der Waals surface area contributed by atoms with Crippen molar-refractivity contribution in [2.24, 2.45) is 0 Å². The third-order valence-electron chi connectivity index (χ3n) is 2.40. The first-order valence-corrected chi connectivity index (χ1v) is 4.77. The smallest absolute Gasteiger partial charge is 0.181 e. The number of oxazole rings is 2. The number of aliphatic hydroxyl groups is 2. The van der Waals surface area contributed by atoms with Gasteiger partial charge in [0.1, 0.15) is 12.2 Å². The molecule has 6 heteroatoms.